The molecule has 0 aliphatic rings. The first-order valence-electron chi connectivity index (χ1n) is 9.76. The number of para-hydroxylation sites is 1. The predicted octanol–water partition coefficient (Wildman–Crippen LogP) is 4.88. The number of nitrogens with one attached hydrogen (secondary N) is 1. The Balaban J connectivity index is 1.58. The molecule has 160 valence electrons. The van der Waals surface area contributed by atoms with E-state index in [4.69, 9.17) is 0 Å². The molecule has 1 amide bonds. The molecule has 4 aromatic rings. The first-order chi connectivity index (χ1) is 15.5. The van der Waals surface area contributed by atoms with Gasteiger partial charge in [0.05, 0.1) is 10.7 Å². The number of rotatable bonds is 7. The van der Waals surface area contributed by atoms with Gasteiger partial charge in [-0.15, -0.1) is 10.2 Å². The smallest absolute Gasteiger partial charge is 0.269 e. The van der Waals surface area contributed by atoms with Crippen LogP contribution < -0.4 is 5.32 Å². The van der Waals surface area contributed by atoms with Crippen LogP contribution >= 0.6 is 11.8 Å². The highest BCUT2D eigenvalue weighted by molar-refractivity contribution is 7.99. The van der Waals surface area contributed by atoms with Gasteiger partial charge >= 0.3 is 0 Å². The fourth-order valence-electron chi connectivity index (χ4n) is 3.06. The molecule has 1 aromatic heterocycles. The number of benzene rings is 3. The molecule has 1 heterocycles. The second kappa shape index (κ2) is 9.44. The number of thioether (sulfide) groups is 1. The van der Waals surface area contributed by atoms with Crippen molar-refractivity contribution in [1.82, 2.24) is 14.8 Å². The summed E-state index contributed by atoms with van der Waals surface area (Å²) in [5.74, 6) is 0.532. The van der Waals surface area contributed by atoms with Crippen LogP contribution in [0.5, 0.6) is 0 Å². The van der Waals surface area contributed by atoms with Gasteiger partial charge in [0.1, 0.15) is 0 Å². The van der Waals surface area contributed by atoms with E-state index in [1.54, 1.807) is 12.1 Å². The van der Waals surface area contributed by atoms with Gasteiger partial charge in [-0.25, -0.2) is 0 Å². The minimum atomic E-state index is -0.445. The lowest BCUT2D eigenvalue weighted by Crippen LogP contribution is -2.14. The summed E-state index contributed by atoms with van der Waals surface area (Å²) in [6.45, 7) is 1.99. The van der Waals surface area contributed by atoms with E-state index in [0.29, 0.717) is 16.5 Å². The summed E-state index contributed by atoms with van der Waals surface area (Å²) in [6, 6.07) is 23.2. The second-order valence-corrected chi connectivity index (χ2v) is 7.93. The number of amides is 1. The monoisotopic (exact) mass is 445 g/mol. The van der Waals surface area contributed by atoms with Crippen LogP contribution in [0, 0.1) is 17.0 Å². The molecule has 0 spiro atoms. The fourth-order valence-corrected chi connectivity index (χ4v) is 3.81. The van der Waals surface area contributed by atoms with E-state index < -0.39 is 4.92 Å². The maximum absolute atomic E-state index is 12.4. The van der Waals surface area contributed by atoms with Gasteiger partial charge in [0.2, 0.25) is 5.91 Å². The molecule has 0 aliphatic carbocycles. The Morgan fingerprint density at radius 3 is 2.34 bits per heavy atom. The van der Waals surface area contributed by atoms with Gasteiger partial charge in [0.15, 0.2) is 11.0 Å². The summed E-state index contributed by atoms with van der Waals surface area (Å²) >= 11 is 1.27. The van der Waals surface area contributed by atoms with Crippen molar-refractivity contribution in [1.29, 1.82) is 0 Å². The molecule has 9 heteroatoms. The van der Waals surface area contributed by atoms with E-state index in [1.807, 2.05) is 66.1 Å². The van der Waals surface area contributed by atoms with Gasteiger partial charge in [0.25, 0.3) is 5.69 Å². The Morgan fingerprint density at radius 2 is 1.69 bits per heavy atom. The third-order valence-corrected chi connectivity index (χ3v) is 5.58. The molecule has 3 aromatic carbocycles. The molecule has 0 fully saturated rings. The summed E-state index contributed by atoms with van der Waals surface area (Å²) < 4.78 is 1.84. The molecule has 0 saturated heterocycles. The molecule has 0 saturated carbocycles. The van der Waals surface area contributed by atoms with Gasteiger partial charge in [0, 0.05) is 29.1 Å². The number of hydrogen-bond acceptors (Lipinski definition) is 6. The number of hydrogen-bond donors (Lipinski definition) is 1. The predicted molar refractivity (Wildman–Crippen MR) is 124 cm³/mol. The Morgan fingerprint density at radius 1 is 1.00 bits per heavy atom. The summed E-state index contributed by atoms with van der Waals surface area (Å²) in [7, 11) is 0. The zero-order valence-electron chi connectivity index (χ0n) is 17.1. The van der Waals surface area contributed by atoms with E-state index >= 15 is 0 Å². The second-order valence-electron chi connectivity index (χ2n) is 6.98. The number of anilines is 1. The van der Waals surface area contributed by atoms with Crippen molar-refractivity contribution in [3.8, 4) is 17.1 Å². The number of non-ortho nitro benzene ring substituents is 1. The van der Waals surface area contributed by atoms with Gasteiger partial charge in [-0.05, 0) is 43.3 Å². The molecule has 8 nitrogen and oxygen atoms in total. The summed E-state index contributed by atoms with van der Waals surface area (Å²) in [5.41, 5.74) is 3.36. The summed E-state index contributed by atoms with van der Waals surface area (Å²) in [4.78, 5) is 23.0. The lowest BCUT2D eigenvalue weighted by atomic mass is 10.2. The highest BCUT2D eigenvalue weighted by Crippen LogP contribution is 2.29. The highest BCUT2D eigenvalue weighted by atomic mass is 32.2. The van der Waals surface area contributed by atoms with E-state index in [0.717, 1.165) is 16.9 Å². The van der Waals surface area contributed by atoms with Crippen LogP contribution in [0.25, 0.3) is 17.1 Å². The normalized spacial score (nSPS) is 10.7. The molecule has 0 unspecified atom stereocenters. The van der Waals surface area contributed by atoms with E-state index in [-0.39, 0.29) is 17.3 Å². The minimum absolute atomic E-state index is 0.00176. The van der Waals surface area contributed by atoms with Gasteiger partial charge < -0.3 is 5.32 Å². The van der Waals surface area contributed by atoms with Crippen molar-refractivity contribution in [3.63, 3.8) is 0 Å². The molecule has 32 heavy (non-hydrogen) atoms. The molecule has 0 atom stereocenters. The van der Waals surface area contributed by atoms with Crippen LogP contribution in [0.3, 0.4) is 0 Å². The van der Waals surface area contributed by atoms with Crippen LogP contribution in [0.2, 0.25) is 0 Å². The van der Waals surface area contributed by atoms with E-state index in [1.165, 1.54) is 23.9 Å². The topological polar surface area (TPSA) is 103 Å². The number of carbonyl (C=O) groups is 1. The first kappa shape index (κ1) is 21.3. The van der Waals surface area contributed by atoms with E-state index in [9.17, 15) is 14.9 Å². The highest BCUT2D eigenvalue weighted by Gasteiger charge is 2.18. The lowest BCUT2D eigenvalue weighted by Gasteiger charge is -2.10. The molecule has 4 rings (SSSR count). The number of aromatic nitrogens is 3. The number of nitrogens with zero attached hydrogens (tertiary/aromatic N) is 4. The third kappa shape index (κ3) is 4.84. The van der Waals surface area contributed by atoms with Gasteiger partial charge in [-0.1, -0.05) is 47.7 Å². The summed E-state index contributed by atoms with van der Waals surface area (Å²) in [5, 5.41) is 23.0. The van der Waals surface area contributed by atoms with Gasteiger partial charge in [-0.3, -0.25) is 19.5 Å². The summed E-state index contributed by atoms with van der Waals surface area (Å²) in [6.07, 6.45) is 0. The zero-order valence-corrected chi connectivity index (χ0v) is 18.0. The van der Waals surface area contributed by atoms with E-state index in [2.05, 4.69) is 15.5 Å². The Labute approximate surface area is 188 Å². The zero-order chi connectivity index (χ0) is 22.5. The van der Waals surface area contributed by atoms with Crippen LogP contribution in [0.4, 0.5) is 11.4 Å². The van der Waals surface area contributed by atoms with Crippen LogP contribution in [-0.2, 0) is 4.79 Å². The van der Waals surface area contributed by atoms with Crippen molar-refractivity contribution in [3.05, 3.63) is 94.5 Å². The Bertz CT molecular complexity index is 1240. The average molecular weight is 446 g/mol. The van der Waals surface area contributed by atoms with Crippen LogP contribution in [0.1, 0.15) is 5.56 Å². The van der Waals surface area contributed by atoms with Crippen molar-refractivity contribution >= 4 is 29.0 Å². The Hall–Kier alpha value is -3.98. The van der Waals surface area contributed by atoms with Crippen molar-refractivity contribution in [2.45, 2.75) is 12.1 Å². The molecule has 0 bridgehead atoms. The Kier molecular flexibility index (Phi) is 6.27. The largest absolute Gasteiger partial charge is 0.325 e. The average Bonchev–Trinajstić information content (AvgIpc) is 3.24. The maximum Gasteiger partial charge on any atom is 0.269 e. The van der Waals surface area contributed by atoms with Crippen molar-refractivity contribution in [2.75, 3.05) is 11.1 Å². The van der Waals surface area contributed by atoms with Crippen molar-refractivity contribution < 1.29 is 9.72 Å². The molecular weight excluding hydrogens is 426 g/mol. The number of carbonyl (C=O) groups excluding carboxylic acids is 1. The first-order valence-corrected chi connectivity index (χ1v) is 10.7. The minimum Gasteiger partial charge on any atom is -0.325 e. The fraction of sp³-hybridized carbons (Fsp3) is 0.0870. The molecule has 1 N–H and O–H groups in total. The standard InChI is InChI=1S/C23H19N5O3S/c1-16-7-11-18(12-8-16)24-21(29)15-32-23-26-25-22(27(23)19-5-3-2-4-6-19)17-9-13-20(14-10-17)28(30)31/h2-14H,15H2,1H3,(H,24,29). The maximum atomic E-state index is 12.4. The van der Waals surface area contributed by atoms with Crippen LogP contribution in [-0.4, -0.2) is 31.3 Å². The quantitative estimate of drug-likeness (QED) is 0.247. The number of nitro groups is 1. The molecule has 0 radical (unpaired) electrons. The molecule has 0 aliphatic heterocycles. The van der Waals surface area contributed by atoms with Gasteiger partial charge in [-0.2, -0.15) is 0 Å². The molecular formula is C23H19N5O3S. The van der Waals surface area contributed by atoms with Crippen molar-refractivity contribution in [2.24, 2.45) is 0 Å². The number of aryl methyl sites for hydroxylation is 1. The number of nitro benzene ring substituents is 1. The SMILES string of the molecule is Cc1ccc(NC(=O)CSc2nnc(-c3ccc([N+](=O)[O-])cc3)n2-c2ccccc2)cc1. The van der Waals surface area contributed by atoms with Crippen LogP contribution in [0.15, 0.2) is 84.0 Å². The lowest BCUT2D eigenvalue weighted by molar-refractivity contribution is -0.384. The third-order valence-electron chi connectivity index (χ3n) is 4.65.